The molecule has 0 aliphatic rings. The van der Waals surface area contributed by atoms with Crippen LogP contribution < -0.4 is 4.90 Å². The number of anilines is 3. The van der Waals surface area contributed by atoms with Gasteiger partial charge >= 0.3 is 0 Å². The fourth-order valence-electron chi connectivity index (χ4n) is 10.4. The SMILES string of the molecule is c1ccc2c(c1)cc(-c1ccc(N(c3ccc4c(c3)sc3ccccc34)c3ccc4c(c3)n3c5ccccc5c5ccc6c7ccccc7n4c6c53)cc1)c1ccccc12. The smallest absolute Gasteiger partial charge is 0.0789 e. The zero-order valence-corrected chi connectivity index (χ0v) is 33.1. The van der Waals surface area contributed by atoms with Crippen LogP contribution in [0.25, 0.3) is 107 Å². The number of hydrogen-bond donors (Lipinski definition) is 0. The molecule has 0 fully saturated rings. The first-order valence-electron chi connectivity index (χ1n) is 20.6. The van der Waals surface area contributed by atoms with Crippen LogP contribution in [-0.4, -0.2) is 8.80 Å². The molecule has 60 heavy (non-hydrogen) atoms. The summed E-state index contributed by atoms with van der Waals surface area (Å²) in [5, 5.41) is 12.8. The van der Waals surface area contributed by atoms with E-state index in [4.69, 9.17) is 0 Å². The maximum absolute atomic E-state index is 2.52. The molecule has 0 N–H and O–H groups in total. The van der Waals surface area contributed by atoms with Crippen LogP contribution in [0, 0.1) is 0 Å². The number of benzene rings is 10. The summed E-state index contributed by atoms with van der Waals surface area (Å²) in [7, 11) is 0. The third-order valence-corrected chi connectivity index (χ3v) is 14.1. The quantitative estimate of drug-likeness (QED) is 0.128. The first-order chi connectivity index (χ1) is 29.8. The second kappa shape index (κ2) is 12.0. The first kappa shape index (κ1) is 32.3. The van der Waals surface area contributed by atoms with E-state index in [9.17, 15) is 0 Å². The summed E-state index contributed by atoms with van der Waals surface area (Å²) in [5.41, 5.74) is 13.1. The molecule has 0 spiro atoms. The van der Waals surface area contributed by atoms with Gasteiger partial charge < -0.3 is 13.7 Å². The Labute approximate surface area is 348 Å². The number of nitrogens with zero attached hydrogens (tertiary/aromatic N) is 3. The minimum Gasteiger partial charge on any atom is -0.310 e. The lowest BCUT2D eigenvalue weighted by Crippen LogP contribution is -2.10. The van der Waals surface area contributed by atoms with Crippen molar-refractivity contribution >= 4 is 125 Å². The van der Waals surface area contributed by atoms with Crippen molar-refractivity contribution in [2.45, 2.75) is 0 Å². The zero-order valence-electron chi connectivity index (χ0n) is 32.3. The van der Waals surface area contributed by atoms with Crippen LogP contribution in [-0.2, 0) is 0 Å². The maximum Gasteiger partial charge on any atom is 0.0789 e. The van der Waals surface area contributed by atoms with Crippen molar-refractivity contribution in [1.82, 2.24) is 8.80 Å². The third-order valence-electron chi connectivity index (χ3n) is 13.0. The molecular weight excluding hydrogens is 747 g/mol. The summed E-state index contributed by atoms with van der Waals surface area (Å²) in [4.78, 5) is 2.44. The van der Waals surface area contributed by atoms with Gasteiger partial charge in [0.15, 0.2) is 0 Å². The minimum absolute atomic E-state index is 1.11. The number of rotatable bonds is 4. The van der Waals surface area contributed by atoms with E-state index in [1.54, 1.807) is 0 Å². The van der Waals surface area contributed by atoms with Crippen molar-refractivity contribution in [3.63, 3.8) is 0 Å². The molecule has 4 heteroatoms. The van der Waals surface area contributed by atoms with Gasteiger partial charge in [0.2, 0.25) is 0 Å². The molecule has 278 valence electrons. The van der Waals surface area contributed by atoms with Gasteiger partial charge in [-0.25, -0.2) is 0 Å². The fraction of sp³-hybridized carbons (Fsp3) is 0. The molecule has 0 radical (unpaired) electrons. The molecule has 0 aliphatic heterocycles. The lowest BCUT2D eigenvalue weighted by molar-refractivity contribution is 1.24. The average Bonchev–Trinajstić information content (AvgIpc) is 3.97. The lowest BCUT2D eigenvalue weighted by atomic mass is 9.93. The molecule has 0 saturated heterocycles. The zero-order chi connectivity index (χ0) is 39.1. The Morgan fingerprint density at radius 3 is 1.60 bits per heavy atom. The summed E-state index contributed by atoms with van der Waals surface area (Å²) in [6.07, 6.45) is 0. The fourth-order valence-corrected chi connectivity index (χ4v) is 11.5. The molecule has 0 atom stereocenters. The van der Waals surface area contributed by atoms with Crippen LogP contribution in [0.1, 0.15) is 0 Å². The number of para-hydroxylation sites is 2. The van der Waals surface area contributed by atoms with Crippen molar-refractivity contribution in [2.24, 2.45) is 0 Å². The molecule has 4 aromatic heterocycles. The maximum atomic E-state index is 2.52. The second-order valence-corrected chi connectivity index (χ2v) is 17.2. The summed E-state index contributed by atoms with van der Waals surface area (Å²) in [6, 6.07) is 74.3. The van der Waals surface area contributed by atoms with Gasteiger partial charge in [0.25, 0.3) is 0 Å². The number of aromatic nitrogens is 2. The molecule has 0 aliphatic carbocycles. The Morgan fingerprint density at radius 1 is 0.317 bits per heavy atom. The van der Waals surface area contributed by atoms with Gasteiger partial charge in [0, 0.05) is 58.8 Å². The average molecular weight is 780 g/mol. The summed E-state index contributed by atoms with van der Waals surface area (Å²) in [5.74, 6) is 0. The highest BCUT2D eigenvalue weighted by Crippen LogP contribution is 2.46. The van der Waals surface area contributed by atoms with Crippen LogP contribution in [0.2, 0.25) is 0 Å². The first-order valence-corrected chi connectivity index (χ1v) is 21.4. The molecule has 4 heterocycles. The van der Waals surface area contributed by atoms with Crippen LogP contribution in [0.15, 0.2) is 200 Å². The number of thiophene rings is 1. The van der Waals surface area contributed by atoms with Crippen LogP contribution in [0.3, 0.4) is 0 Å². The predicted molar refractivity (Wildman–Crippen MR) is 258 cm³/mol. The molecule has 0 amide bonds. The van der Waals surface area contributed by atoms with E-state index >= 15 is 0 Å². The lowest BCUT2D eigenvalue weighted by Gasteiger charge is -2.26. The van der Waals surface area contributed by atoms with Crippen molar-refractivity contribution in [3.05, 3.63) is 200 Å². The molecule has 14 rings (SSSR count). The summed E-state index contributed by atoms with van der Waals surface area (Å²) < 4.78 is 7.61. The number of fused-ring (bicyclic) bond motifs is 15. The van der Waals surface area contributed by atoms with Crippen molar-refractivity contribution in [2.75, 3.05) is 4.90 Å². The molecule has 14 aromatic rings. The largest absolute Gasteiger partial charge is 0.310 e. The van der Waals surface area contributed by atoms with Crippen molar-refractivity contribution < 1.29 is 0 Å². The third kappa shape index (κ3) is 4.32. The van der Waals surface area contributed by atoms with Gasteiger partial charge in [-0.2, -0.15) is 0 Å². The van der Waals surface area contributed by atoms with Gasteiger partial charge in [-0.05, 0) is 99.4 Å². The van der Waals surface area contributed by atoms with Crippen molar-refractivity contribution in [3.8, 4) is 11.1 Å². The van der Waals surface area contributed by atoms with Gasteiger partial charge in [-0.15, -0.1) is 11.3 Å². The highest BCUT2D eigenvalue weighted by atomic mass is 32.1. The van der Waals surface area contributed by atoms with Crippen molar-refractivity contribution in [1.29, 1.82) is 0 Å². The van der Waals surface area contributed by atoms with E-state index in [2.05, 4.69) is 214 Å². The second-order valence-electron chi connectivity index (χ2n) is 16.1. The molecule has 10 aromatic carbocycles. The van der Waals surface area contributed by atoms with Crippen LogP contribution in [0.5, 0.6) is 0 Å². The van der Waals surface area contributed by atoms with E-state index in [0.717, 1.165) is 17.1 Å². The van der Waals surface area contributed by atoms with Gasteiger partial charge in [0.1, 0.15) is 0 Å². The number of hydrogen-bond acceptors (Lipinski definition) is 2. The van der Waals surface area contributed by atoms with E-state index < -0.39 is 0 Å². The molecule has 0 saturated carbocycles. The Bertz CT molecular complexity index is 4070. The molecule has 3 nitrogen and oxygen atoms in total. The monoisotopic (exact) mass is 779 g/mol. The van der Waals surface area contributed by atoms with Crippen LogP contribution >= 0.6 is 11.3 Å². The van der Waals surface area contributed by atoms with E-state index in [-0.39, 0.29) is 0 Å². The standard InChI is InChI=1S/C56H33N3S/c1-2-12-39-35(11-1)31-48(41-14-4-3-13-40(39)41)34-21-23-36(24-22-34)57(38-25-27-45-44-17-7-10-20-53(44)60-54(45)33-38)37-26-30-51-52(32-37)59-50-19-9-6-16-43(50)47-29-28-46-42-15-5-8-18-49(42)58(51)55(46)56(47)59/h1-33H. The Kier molecular flexibility index (Phi) is 6.44. The predicted octanol–water partition coefficient (Wildman–Crippen LogP) is 16.1. The Hall–Kier alpha value is -7.66. The van der Waals surface area contributed by atoms with E-state index in [0.29, 0.717) is 0 Å². The molecular formula is C56H33N3S. The topological polar surface area (TPSA) is 12.1 Å². The minimum atomic E-state index is 1.11. The molecule has 0 bridgehead atoms. The van der Waals surface area contributed by atoms with E-state index in [1.807, 2.05) is 11.3 Å². The van der Waals surface area contributed by atoms with Crippen LogP contribution in [0.4, 0.5) is 17.1 Å². The summed E-state index contributed by atoms with van der Waals surface area (Å²) in [6.45, 7) is 0. The Morgan fingerprint density at radius 2 is 0.850 bits per heavy atom. The highest BCUT2D eigenvalue weighted by Gasteiger charge is 2.23. The Balaban J connectivity index is 1.04. The van der Waals surface area contributed by atoms with Gasteiger partial charge in [-0.1, -0.05) is 133 Å². The van der Waals surface area contributed by atoms with Gasteiger partial charge in [0.05, 0.1) is 33.1 Å². The normalized spacial score (nSPS) is 12.3. The molecule has 0 unspecified atom stereocenters. The van der Waals surface area contributed by atoms with Gasteiger partial charge in [-0.3, -0.25) is 0 Å². The highest BCUT2D eigenvalue weighted by molar-refractivity contribution is 7.25. The van der Waals surface area contributed by atoms with E-state index in [1.165, 1.54) is 107 Å². The summed E-state index contributed by atoms with van der Waals surface area (Å²) >= 11 is 1.86.